The summed E-state index contributed by atoms with van der Waals surface area (Å²) in [7, 11) is 0. The molecule has 2 nitrogen and oxygen atoms in total. The molecule has 4 rings (SSSR count). The molecule has 2 aliphatic carbocycles. The van der Waals surface area contributed by atoms with E-state index in [-0.39, 0.29) is 16.7 Å². The van der Waals surface area contributed by atoms with Crippen molar-refractivity contribution in [2.75, 3.05) is 0 Å². The standard InChI is InChI=1S/C30H42O2/c1-20-16-23(27(31)25(18-20)29(4)12-8-6-9-13-29)22(3)24-17-21(2)19-26(28(24)32)30(5)14-10-7-11-15-30/h16-19,22,31-32H,6-15H2,1-5H3. The number of rotatable bonds is 4. The topological polar surface area (TPSA) is 40.5 Å². The highest BCUT2D eigenvalue weighted by molar-refractivity contribution is 5.56. The van der Waals surface area contributed by atoms with Gasteiger partial charge in [0.2, 0.25) is 0 Å². The molecule has 0 radical (unpaired) electrons. The van der Waals surface area contributed by atoms with Crippen LogP contribution in [0.25, 0.3) is 0 Å². The fraction of sp³-hybridized carbons (Fsp3) is 0.600. The number of phenols is 2. The Hall–Kier alpha value is -1.96. The van der Waals surface area contributed by atoms with Gasteiger partial charge in [0, 0.05) is 28.2 Å². The van der Waals surface area contributed by atoms with Crippen molar-refractivity contribution < 1.29 is 10.2 Å². The first-order valence-electron chi connectivity index (χ1n) is 12.8. The van der Waals surface area contributed by atoms with Gasteiger partial charge in [0.1, 0.15) is 11.5 Å². The molecule has 0 amide bonds. The molecule has 0 bridgehead atoms. The molecule has 0 spiro atoms. The molecule has 174 valence electrons. The van der Waals surface area contributed by atoms with E-state index >= 15 is 0 Å². The molecule has 2 saturated carbocycles. The third-order valence-electron chi connectivity index (χ3n) is 8.72. The third-order valence-corrected chi connectivity index (χ3v) is 8.72. The summed E-state index contributed by atoms with van der Waals surface area (Å²) in [6, 6.07) is 8.64. The van der Waals surface area contributed by atoms with Crippen molar-refractivity contribution in [1.82, 2.24) is 0 Å². The first-order valence-corrected chi connectivity index (χ1v) is 12.8. The Morgan fingerprint density at radius 2 is 0.969 bits per heavy atom. The van der Waals surface area contributed by atoms with Gasteiger partial charge in [0.25, 0.3) is 0 Å². The van der Waals surface area contributed by atoms with Crippen LogP contribution >= 0.6 is 0 Å². The summed E-state index contributed by atoms with van der Waals surface area (Å²) in [5.41, 5.74) is 6.57. The molecule has 2 aliphatic rings. The SMILES string of the molecule is Cc1cc(C(C)c2cc(C)cc(C3(C)CCCCC3)c2O)c(O)c(C2(C)CCCCC2)c1. The fourth-order valence-electron chi connectivity index (χ4n) is 6.56. The highest BCUT2D eigenvalue weighted by atomic mass is 16.3. The number of benzene rings is 2. The fourth-order valence-corrected chi connectivity index (χ4v) is 6.56. The number of phenolic OH excluding ortho intramolecular Hbond substituents is 2. The van der Waals surface area contributed by atoms with E-state index in [0.717, 1.165) is 47.9 Å². The number of aromatic hydroxyl groups is 2. The first-order chi connectivity index (χ1) is 15.1. The van der Waals surface area contributed by atoms with Crippen LogP contribution in [-0.2, 0) is 10.8 Å². The zero-order valence-electron chi connectivity index (χ0n) is 20.9. The lowest BCUT2D eigenvalue weighted by atomic mass is 9.68. The minimum absolute atomic E-state index is 0.0399. The van der Waals surface area contributed by atoms with Crippen LogP contribution in [0.15, 0.2) is 24.3 Å². The zero-order chi connectivity index (χ0) is 23.1. The van der Waals surface area contributed by atoms with Gasteiger partial charge < -0.3 is 10.2 Å². The van der Waals surface area contributed by atoms with E-state index in [1.165, 1.54) is 49.7 Å². The Balaban J connectivity index is 1.79. The minimum atomic E-state index is -0.0633. The lowest BCUT2D eigenvalue weighted by Crippen LogP contribution is -2.26. The maximum atomic E-state index is 11.5. The van der Waals surface area contributed by atoms with Gasteiger partial charge in [0.15, 0.2) is 0 Å². The summed E-state index contributed by atoms with van der Waals surface area (Å²) in [4.78, 5) is 0. The van der Waals surface area contributed by atoms with Crippen molar-refractivity contribution in [3.63, 3.8) is 0 Å². The lowest BCUT2D eigenvalue weighted by molar-refractivity contribution is 0.306. The lowest BCUT2D eigenvalue weighted by Gasteiger charge is -2.36. The van der Waals surface area contributed by atoms with Crippen LogP contribution in [-0.4, -0.2) is 10.2 Å². The molecule has 2 aromatic carbocycles. The van der Waals surface area contributed by atoms with Gasteiger partial charge in [-0.05, 0) is 50.4 Å². The summed E-state index contributed by atoms with van der Waals surface area (Å²) in [5.74, 6) is 0.823. The maximum absolute atomic E-state index is 11.5. The van der Waals surface area contributed by atoms with Crippen LogP contribution in [0.1, 0.15) is 124 Å². The zero-order valence-corrected chi connectivity index (χ0v) is 20.9. The van der Waals surface area contributed by atoms with E-state index in [0.29, 0.717) is 11.5 Å². The van der Waals surface area contributed by atoms with Crippen molar-refractivity contribution in [2.45, 2.75) is 116 Å². The molecule has 2 N–H and O–H groups in total. The highest BCUT2D eigenvalue weighted by Crippen LogP contribution is 2.49. The minimum Gasteiger partial charge on any atom is -0.507 e. The summed E-state index contributed by atoms with van der Waals surface area (Å²) in [5, 5.41) is 23.0. The monoisotopic (exact) mass is 434 g/mol. The number of hydrogen-bond donors (Lipinski definition) is 2. The summed E-state index contributed by atoms with van der Waals surface area (Å²) in [6.45, 7) is 11.1. The van der Waals surface area contributed by atoms with Crippen molar-refractivity contribution in [2.24, 2.45) is 0 Å². The van der Waals surface area contributed by atoms with Crippen molar-refractivity contribution in [1.29, 1.82) is 0 Å². The molecular weight excluding hydrogens is 392 g/mol. The summed E-state index contributed by atoms with van der Waals surface area (Å²) < 4.78 is 0. The van der Waals surface area contributed by atoms with Gasteiger partial charge in [-0.15, -0.1) is 0 Å². The van der Waals surface area contributed by atoms with Crippen molar-refractivity contribution in [3.05, 3.63) is 57.6 Å². The van der Waals surface area contributed by atoms with Gasteiger partial charge in [-0.2, -0.15) is 0 Å². The van der Waals surface area contributed by atoms with Gasteiger partial charge in [0.05, 0.1) is 0 Å². The molecule has 0 atom stereocenters. The smallest absolute Gasteiger partial charge is 0.123 e. The van der Waals surface area contributed by atoms with Crippen molar-refractivity contribution in [3.8, 4) is 11.5 Å². The Morgan fingerprint density at radius 1 is 0.625 bits per heavy atom. The van der Waals surface area contributed by atoms with Crippen molar-refractivity contribution >= 4 is 0 Å². The van der Waals surface area contributed by atoms with Crippen LogP contribution in [0.5, 0.6) is 11.5 Å². The van der Waals surface area contributed by atoms with E-state index in [9.17, 15) is 10.2 Å². The van der Waals surface area contributed by atoms with E-state index in [2.05, 4.69) is 58.9 Å². The Morgan fingerprint density at radius 3 is 1.31 bits per heavy atom. The van der Waals surface area contributed by atoms with Crippen LogP contribution in [0.4, 0.5) is 0 Å². The molecule has 0 unspecified atom stereocenters. The van der Waals surface area contributed by atoms with E-state index in [1.807, 2.05) is 0 Å². The molecule has 0 saturated heterocycles. The largest absolute Gasteiger partial charge is 0.507 e. The van der Waals surface area contributed by atoms with Crippen LogP contribution in [0.3, 0.4) is 0 Å². The van der Waals surface area contributed by atoms with Crippen LogP contribution in [0, 0.1) is 13.8 Å². The van der Waals surface area contributed by atoms with E-state index in [4.69, 9.17) is 0 Å². The normalized spacial score (nSPS) is 20.4. The Bertz CT molecular complexity index is 895. The first kappa shape index (κ1) is 23.2. The van der Waals surface area contributed by atoms with Crippen LogP contribution < -0.4 is 0 Å². The average molecular weight is 435 g/mol. The molecule has 2 fully saturated rings. The molecule has 0 aromatic heterocycles. The Labute approximate surface area is 195 Å². The highest BCUT2D eigenvalue weighted by Gasteiger charge is 2.35. The van der Waals surface area contributed by atoms with E-state index < -0.39 is 0 Å². The molecule has 2 aromatic rings. The molecule has 0 aliphatic heterocycles. The van der Waals surface area contributed by atoms with Gasteiger partial charge in [-0.1, -0.05) is 94.7 Å². The van der Waals surface area contributed by atoms with Gasteiger partial charge in [-0.3, -0.25) is 0 Å². The molecular formula is C30H42O2. The molecule has 32 heavy (non-hydrogen) atoms. The molecule has 0 heterocycles. The third kappa shape index (κ3) is 4.18. The summed E-state index contributed by atoms with van der Waals surface area (Å²) in [6.07, 6.45) is 12.1. The molecule has 2 heteroatoms. The second-order valence-electron chi connectivity index (χ2n) is 11.5. The maximum Gasteiger partial charge on any atom is 0.123 e. The number of hydrogen-bond acceptors (Lipinski definition) is 2. The van der Waals surface area contributed by atoms with Gasteiger partial charge >= 0.3 is 0 Å². The summed E-state index contributed by atoms with van der Waals surface area (Å²) >= 11 is 0. The van der Waals surface area contributed by atoms with Crippen LogP contribution in [0.2, 0.25) is 0 Å². The second kappa shape index (κ2) is 8.76. The Kier molecular flexibility index (Phi) is 6.36. The van der Waals surface area contributed by atoms with Gasteiger partial charge in [-0.25, -0.2) is 0 Å². The quantitative estimate of drug-likeness (QED) is 0.508. The predicted octanol–water partition coefficient (Wildman–Crippen LogP) is 8.31. The number of aryl methyl sites for hydroxylation is 2. The second-order valence-corrected chi connectivity index (χ2v) is 11.5. The predicted molar refractivity (Wildman–Crippen MR) is 134 cm³/mol. The average Bonchev–Trinajstić information content (AvgIpc) is 2.77. The van der Waals surface area contributed by atoms with E-state index in [1.54, 1.807) is 0 Å².